The molecule has 0 fully saturated rings. The van der Waals surface area contributed by atoms with Crippen molar-refractivity contribution in [2.24, 2.45) is 11.7 Å². The fourth-order valence-electron chi connectivity index (χ4n) is 1.63. The maximum Gasteiger partial charge on any atom is 0.333 e. The highest BCUT2D eigenvalue weighted by molar-refractivity contribution is 5.88. The van der Waals surface area contributed by atoms with Crippen LogP contribution in [0.1, 0.15) is 46.0 Å². The Hall–Kier alpha value is -0.830. The Morgan fingerprint density at radius 1 is 1.25 bits per heavy atom. The van der Waals surface area contributed by atoms with Crippen LogP contribution in [0.5, 0.6) is 0 Å². The van der Waals surface area contributed by atoms with E-state index in [1.165, 1.54) is 0 Å². The third-order valence-corrected chi connectivity index (χ3v) is 2.82. The van der Waals surface area contributed by atoms with Crippen molar-refractivity contribution < 1.29 is 9.53 Å². The normalized spacial score (nSPS) is 10.5. The zero-order valence-corrected chi connectivity index (χ0v) is 10.6. The molecule has 3 heteroatoms. The number of rotatable bonds is 9. The van der Waals surface area contributed by atoms with Crippen molar-refractivity contribution in [3.8, 4) is 0 Å². The van der Waals surface area contributed by atoms with Crippen molar-refractivity contribution in [1.82, 2.24) is 0 Å². The van der Waals surface area contributed by atoms with Crippen LogP contribution in [0.3, 0.4) is 0 Å². The summed E-state index contributed by atoms with van der Waals surface area (Å²) in [6, 6.07) is 0. The molecule has 0 saturated carbocycles. The van der Waals surface area contributed by atoms with Crippen molar-refractivity contribution in [1.29, 1.82) is 0 Å². The topological polar surface area (TPSA) is 52.3 Å². The van der Waals surface area contributed by atoms with Gasteiger partial charge in [-0.25, -0.2) is 4.79 Å². The van der Waals surface area contributed by atoms with Gasteiger partial charge in [0.15, 0.2) is 0 Å². The Labute approximate surface area is 99.0 Å². The standard InChI is InChI=1S/C13H25NO2/c1-4-12(5-2)11(3)13(15)16-10-8-6-7-9-14/h12H,3-10,14H2,1-2H3. The molecule has 0 aliphatic heterocycles. The van der Waals surface area contributed by atoms with Crippen LogP contribution in [0.4, 0.5) is 0 Å². The van der Waals surface area contributed by atoms with Crippen LogP contribution in [0.2, 0.25) is 0 Å². The van der Waals surface area contributed by atoms with Crippen LogP contribution in [-0.2, 0) is 9.53 Å². The van der Waals surface area contributed by atoms with E-state index in [2.05, 4.69) is 20.4 Å². The molecule has 16 heavy (non-hydrogen) atoms. The number of hydrogen-bond donors (Lipinski definition) is 1. The SMILES string of the molecule is C=C(C(=O)OCCCCCN)C(CC)CC. The van der Waals surface area contributed by atoms with E-state index in [1.54, 1.807) is 0 Å². The smallest absolute Gasteiger partial charge is 0.333 e. The minimum absolute atomic E-state index is 0.235. The van der Waals surface area contributed by atoms with E-state index < -0.39 is 0 Å². The van der Waals surface area contributed by atoms with Gasteiger partial charge in [0.2, 0.25) is 0 Å². The summed E-state index contributed by atoms with van der Waals surface area (Å²) in [5.74, 6) is 0.0259. The third kappa shape index (κ3) is 5.91. The first kappa shape index (κ1) is 15.2. The lowest BCUT2D eigenvalue weighted by Gasteiger charge is -2.14. The summed E-state index contributed by atoms with van der Waals surface area (Å²) in [6.07, 6.45) is 4.78. The molecule has 0 aromatic rings. The summed E-state index contributed by atoms with van der Waals surface area (Å²) in [4.78, 5) is 11.6. The van der Waals surface area contributed by atoms with Crippen LogP contribution in [0.25, 0.3) is 0 Å². The average Bonchev–Trinajstić information content (AvgIpc) is 2.30. The van der Waals surface area contributed by atoms with Crippen molar-refractivity contribution >= 4 is 5.97 Å². The average molecular weight is 227 g/mol. The molecule has 0 saturated heterocycles. The van der Waals surface area contributed by atoms with E-state index in [1.807, 2.05) is 0 Å². The molecule has 0 amide bonds. The highest BCUT2D eigenvalue weighted by Crippen LogP contribution is 2.18. The Balaban J connectivity index is 3.75. The third-order valence-electron chi connectivity index (χ3n) is 2.82. The highest BCUT2D eigenvalue weighted by Gasteiger charge is 2.16. The zero-order valence-electron chi connectivity index (χ0n) is 10.6. The van der Waals surface area contributed by atoms with E-state index in [9.17, 15) is 4.79 Å². The van der Waals surface area contributed by atoms with E-state index in [4.69, 9.17) is 10.5 Å². The maximum absolute atomic E-state index is 11.6. The summed E-state index contributed by atoms with van der Waals surface area (Å²) in [5.41, 5.74) is 5.99. The number of hydrogen-bond acceptors (Lipinski definition) is 3. The second-order valence-electron chi connectivity index (χ2n) is 4.02. The van der Waals surface area contributed by atoms with Crippen molar-refractivity contribution in [3.63, 3.8) is 0 Å². The van der Waals surface area contributed by atoms with Gasteiger partial charge in [-0.1, -0.05) is 20.4 Å². The number of carbonyl (C=O) groups is 1. The molecule has 0 aromatic heterocycles. The molecule has 0 aliphatic rings. The van der Waals surface area contributed by atoms with Gasteiger partial charge < -0.3 is 10.5 Å². The number of carbonyl (C=O) groups excluding carboxylic acids is 1. The lowest BCUT2D eigenvalue weighted by Crippen LogP contribution is -2.15. The van der Waals surface area contributed by atoms with Crippen molar-refractivity contribution in [2.75, 3.05) is 13.2 Å². The van der Waals surface area contributed by atoms with Crippen molar-refractivity contribution in [3.05, 3.63) is 12.2 Å². The molecule has 0 bridgehead atoms. The Kier molecular flexibility index (Phi) is 8.91. The Morgan fingerprint density at radius 2 is 1.88 bits per heavy atom. The quantitative estimate of drug-likeness (QED) is 0.374. The first-order valence-electron chi connectivity index (χ1n) is 6.23. The summed E-state index contributed by atoms with van der Waals surface area (Å²) in [6.45, 7) is 9.13. The number of ether oxygens (including phenoxy) is 1. The summed E-state index contributed by atoms with van der Waals surface area (Å²) in [5, 5.41) is 0. The van der Waals surface area contributed by atoms with Gasteiger partial charge in [0.25, 0.3) is 0 Å². The largest absolute Gasteiger partial charge is 0.462 e. The molecule has 94 valence electrons. The molecular weight excluding hydrogens is 202 g/mol. The van der Waals surface area contributed by atoms with Gasteiger partial charge in [0, 0.05) is 5.57 Å². The van der Waals surface area contributed by atoms with Gasteiger partial charge in [-0.15, -0.1) is 0 Å². The first-order chi connectivity index (χ1) is 7.67. The molecular formula is C13H25NO2. The predicted molar refractivity (Wildman–Crippen MR) is 67.1 cm³/mol. The second kappa shape index (κ2) is 9.40. The summed E-state index contributed by atoms with van der Waals surface area (Å²) < 4.78 is 5.16. The van der Waals surface area contributed by atoms with E-state index in [0.29, 0.717) is 18.7 Å². The lowest BCUT2D eigenvalue weighted by atomic mass is 9.95. The molecule has 0 heterocycles. The predicted octanol–water partition coefficient (Wildman–Crippen LogP) is 2.65. The molecule has 0 aliphatic carbocycles. The van der Waals surface area contributed by atoms with Crippen LogP contribution < -0.4 is 5.73 Å². The van der Waals surface area contributed by atoms with Gasteiger partial charge in [-0.3, -0.25) is 0 Å². The van der Waals surface area contributed by atoms with Crippen LogP contribution in [-0.4, -0.2) is 19.1 Å². The fraction of sp³-hybridized carbons (Fsp3) is 0.769. The minimum atomic E-state index is -0.235. The molecule has 0 rings (SSSR count). The highest BCUT2D eigenvalue weighted by atomic mass is 16.5. The van der Waals surface area contributed by atoms with Crippen molar-refractivity contribution in [2.45, 2.75) is 46.0 Å². The van der Waals surface area contributed by atoms with Crippen LogP contribution in [0, 0.1) is 5.92 Å². The van der Waals surface area contributed by atoms with E-state index >= 15 is 0 Å². The lowest BCUT2D eigenvalue weighted by molar-refractivity contribution is -0.139. The van der Waals surface area contributed by atoms with E-state index in [0.717, 1.165) is 32.1 Å². The molecule has 0 aromatic carbocycles. The van der Waals surface area contributed by atoms with Gasteiger partial charge in [0.05, 0.1) is 6.61 Å². The van der Waals surface area contributed by atoms with Gasteiger partial charge in [0.1, 0.15) is 0 Å². The van der Waals surface area contributed by atoms with Gasteiger partial charge >= 0.3 is 5.97 Å². The maximum atomic E-state index is 11.6. The minimum Gasteiger partial charge on any atom is -0.462 e. The van der Waals surface area contributed by atoms with Crippen LogP contribution >= 0.6 is 0 Å². The molecule has 0 radical (unpaired) electrons. The Bertz CT molecular complexity index is 210. The monoisotopic (exact) mass is 227 g/mol. The van der Waals surface area contributed by atoms with E-state index in [-0.39, 0.29) is 11.9 Å². The molecule has 0 spiro atoms. The number of nitrogens with two attached hydrogens (primary N) is 1. The Morgan fingerprint density at radius 3 is 2.38 bits per heavy atom. The van der Waals surface area contributed by atoms with Gasteiger partial charge in [-0.2, -0.15) is 0 Å². The van der Waals surface area contributed by atoms with Crippen LogP contribution in [0.15, 0.2) is 12.2 Å². The summed E-state index contributed by atoms with van der Waals surface area (Å²) in [7, 11) is 0. The number of unbranched alkanes of at least 4 members (excludes halogenated alkanes) is 2. The second-order valence-corrected chi connectivity index (χ2v) is 4.02. The molecule has 0 atom stereocenters. The molecule has 2 N–H and O–H groups in total. The first-order valence-corrected chi connectivity index (χ1v) is 6.23. The van der Waals surface area contributed by atoms with Gasteiger partial charge in [-0.05, 0) is 44.6 Å². The molecule has 0 unspecified atom stereocenters. The summed E-state index contributed by atoms with van der Waals surface area (Å²) >= 11 is 0. The zero-order chi connectivity index (χ0) is 12.4. The fourth-order valence-corrected chi connectivity index (χ4v) is 1.63. The number of esters is 1. The molecule has 3 nitrogen and oxygen atoms in total.